The first-order valence-electron chi connectivity index (χ1n) is 9.79. The van der Waals surface area contributed by atoms with Gasteiger partial charge in [-0.15, -0.1) is 0 Å². The Morgan fingerprint density at radius 3 is 2.42 bits per heavy atom. The first-order chi connectivity index (χ1) is 14.9. The van der Waals surface area contributed by atoms with Crippen LogP contribution in [0.1, 0.15) is 28.9 Å². The van der Waals surface area contributed by atoms with Crippen LogP contribution in [0.4, 0.5) is 5.69 Å². The predicted molar refractivity (Wildman–Crippen MR) is 123 cm³/mol. The Kier molecular flexibility index (Phi) is 7.38. The lowest BCUT2D eigenvalue weighted by Gasteiger charge is -2.35. The third kappa shape index (κ3) is 5.28. The van der Waals surface area contributed by atoms with Crippen molar-refractivity contribution in [3.8, 4) is 0 Å². The van der Waals surface area contributed by atoms with Crippen molar-refractivity contribution in [3.63, 3.8) is 0 Å². The molecule has 1 atom stereocenters. The number of ether oxygens (including phenoxy) is 2. The van der Waals surface area contributed by atoms with Crippen LogP contribution >= 0.6 is 12.2 Å². The summed E-state index contributed by atoms with van der Waals surface area (Å²) in [7, 11) is 3.35. The number of nitrogens with one attached hydrogen (secondary N) is 2. The molecule has 0 aromatic heterocycles. The zero-order valence-corrected chi connectivity index (χ0v) is 18.5. The summed E-state index contributed by atoms with van der Waals surface area (Å²) in [5.74, 6) is -0.618. The number of rotatable bonds is 7. The Balaban J connectivity index is 1.81. The van der Waals surface area contributed by atoms with Crippen LogP contribution in [0, 0.1) is 0 Å². The normalized spacial score (nSPS) is 16.0. The van der Waals surface area contributed by atoms with Gasteiger partial charge in [-0.25, -0.2) is 4.79 Å². The molecule has 31 heavy (non-hydrogen) atoms. The van der Waals surface area contributed by atoms with Gasteiger partial charge in [0.15, 0.2) is 5.11 Å². The van der Waals surface area contributed by atoms with Crippen LogP contribution in [-0.2, 0) is 14.3 Å². The molecule has 1 aliphatic rings. The average Bonchev–Trinajstić information content (AvgIpc) is 2.78. The number of nitrogens with zero attached hydrogens (tertiary/aromatic N) is 1. The summed E-state index contributed by atoms with van der Waals surface area (Å²) >= 11 is 5.42. The largest absolute Gasteiger partial charge is 0.460 e. The van der Waals surface area contributed by atoms with Crippen LogP contribution in [0.5, 0.6) is 0 Å². The summed E-state index contributed by atoms with van der Waals surface area (Å²) in [5, 5.41) is 6.58. The highest BCUT2D eigenvalue weighted by molar-refractivity contribution is 7.80. The maximum atomic E-state index is 12.8. The lowest BCUT2D eigenvalue weighted by molar-refractivity contribution is -0.140. The van der Waals surface area contributed by atoms with E-state index in [1.165, 1.54) is 0 Å². The number of hydrogen-bond donors (Lipinski definition) is 2. The summed E-state index contributed by atoms with van der Waals surface area (Å²) < 4.78 is 10.3. The van der Waals surface area contributed by atoms with Gasteiger partial charge in [0, 0.05) is 31.1 Å². The van der Waals surface area contributed by atoms with E-state index in [4.69, 9.17) is 21.7 Å². The smallest absolute Gasteiger partial charge is 0.338 e. The molecular weight excluding hydrogens is 414 g/mol. The maximum Gasteiger partial charge on any atom is 0.338 e. The van der Waals surface area contributed by atoms with E-state index in [-0.39, 0.29) is 12.5 Å². The van der Waals surface area contributed by atoms with Gasteiger partial charge in [-0.3, -0.25) is 4.79 Å². The molecule has 1 heterocycles. The number of esters is 1. The molecule has 1 unspecified atom stereocenters. The van der Waals surface area contributed by atoms with Gasteiger partial charge in [0.2, 0.25) is 0 Å². The lowest BCUT2D eigenvalue weighted by atomic mass is 9.95. The average molecular weight is 440 g/mol. The molecule has 7 nitrogen and oxygen atoms in total. The van der Waals surface area contributed by atoms with E-state index in [1.807, 2.05) is 37.3 Å². The van der Waals surface area contributed by atoms with E-state index in [9.17, 15) is 9.59 Å². The minimum Gasteiger partial charge on any atom is -0.460 e. The van der Waals surface area contributed by atoms with Crippen LogP contribution in [0.15, 0.2) is 65.9 Å². The molecule has 2 aromatic carbocycles. The highest BCUT2D eigenvalue weighted by atomic mass is 32.1. The number of carbonyl (C=O) groups is 2. The van der Waals surface area contributed by atoms with Crippen LogP contribution in [0.2, 0.25) is 0 Å². The zero-order valence-electron chi connectivity index (χ0n) is 17.7. The number of carbonyl (C=O) groups excluding carboxylic acids is 2. The molecule has 0 bridgehead atoms. The van der Waals surface area contributed by atoms with Gasteiger partial charge in [-0.1, -0.05) is 30.3 Å². The van der Waals surface area contributed by atoms with Gasteiger partial charge < -0.3 is 25.0 Å². The standard InChI is InChI=1S/C23H25N3O4S/c1-15-19(22(28)30-14-13-29-3)20(25-23(31)26(15)2)16-9-11-18(12-10-16)24-21(27)17-7-5-4-6-8-17/h4-12,20H,13-14H2,1-3H3,(H,24,27)(H,25,31). The monoisotopic (exact) mass is 439 g/mol. The van der Waals surface area contributed by atoms with Gasteiger partial charge >= 0.3 is 5.97 Å². The lowest BCUT2D eigenvalue weighted by Crippen LogP contribution is -2.46. The third-order valence-corrected chi connectivity index (χ3v) is 5.42. The summed E-state index contributed by atoms with van der Waals surface area (Å²) in [6.07, 6.45) is 0. The molecule has 0 spiro atoms. The van der Waals surface area contributed by atoms with E-state index in [2.05, 4.69) is 10.6 Å². The molecule has 0 fully saturated rings. The van der Waals surface area contributed by atoms with Crippen molar-refractivity contribution < 1.29 is 19.1 Å². The summed E-state index contributed by atoms with van der Waals surface area (Å²) in [6.45, 7) is 2.32. The molecular formula is C23H25N3O4S. The fourth-order valence-electron chi connectivity index (χ4n) is 3.20. The fraction of sp³-hybridized carbons (Fsp3) is 0.261. The second-order valence-electron chi connectivity index (χ2n) is 7.01. The number of thiocarbonyl (C=S) groups is 1. The molecule has 1 amide bonds. The van der Waals surface area contributed by atoms with Crippen LogP contribution < -0.4 is 10.6 Å². The number of hydrogen-bond acceptors (Lipinski definition) is 5. The van der Waals surface area contributed by atoms with Crippen molar-refractivity contribution >= 4 is 34.9 Å². The minimum atomic E-state index is -0.461. The van der Waals surface area contributed by atoms with Gasteiger partial charge in [0.05, 0.1) is 18.2 Å². The minimum absolute atomic E-state index is 0.164. The van der Waals surface area contributed by atoms with E-state index < -0.39 is 12.0 Å². The SMILES string of the molecule is COCCOC(=O)C1=C(C)N(C)C(=S)NC1c1ccc(NC(=O)c2ccccc2)cc1. The van der Waals surface area contributed by atoms with Crippen LogP contribution in [0.3, 0.4) is 0 Å². The molecule has 8 heteroatoms. The summed E-state index contributed by atoms with van der Waals surface area (Å²) in [4.78, 5) is 26.9. The zero-order chi connectivity index (χ0) is 22.4. The predicted octanol–water partition coefficient (Wildman–Crippen LogP) is 3.26. The number of allylic oxidation sites excluding steroid dienone is 1. The highest BCUT2D eigenvalue weighted by Crippen LogP contribution is 2.31. The van der Waals surface area contributed by atoms with E-state index in [0.29, 0.717) is 28.5 Å². The van der Waals surface area contributed by atoms with Crippen molar-refractivity contribution in [1.82, 2.24) is 10.2 Å². The molecule has 1 aliphatic heterocycles. The molecule has 0 radical (unpaired) electrons. The molecule has 0 aliphatic carbocycles. The van der Waals surface area contributed by atoms with Gasteiger partial charge in [-0.05, 0) is 49.0 Å². The first-order valence-corrected chi connectivity index (χ1v) is 10.2. The summed E-state index contributed by atoms with van der Waals surface area (Å²) in [6, 6.07) is 15.8. The molecule has 3 rings (SSSR count). The molecule has 0 saturated carbocycles. The Labute approximate surface area is 187 Å². The number of benzene rings is 2. The van der Waals surface area contributed by atoms with E-state index >= 15 is 0 Å². The van der Waals surface area contributed by atoms with Crippen molar-refractivity contribution in [2.75, 3.05) is 32.7 Å². The van der Waals surface area contributed by atoms with E-state index in [1.54, 1.807) is 43.3 Å². The number of anilines is 1. The molecule has 2 N–H and O–H groups in total. The first kappa shape index (κ1) is 22.5. The molecule has 162 valence electrons. The van der Waals surface area contributed by atoms with E-state index in [0.717, 1.165) is 11.3 Å². The third-order valence-electron chi connectivity index (χ3n) is 5.03. The van der Waals surface area contributed by atoms with Crippen molar-refractivity contribution in [3.05, 3.63) is 77.0 Å². The second kappa shape index (κ2) is 10.2. The number of amides is 1. The Bertz CT molecular complexity index is 990. The molecule has 0 saturated heterocycles. The maximum absolute atomic E-state index is 12.8. The Morgan fingerprint density at radius 1 is 1.10 bits per heavy atom. The van der Waals surface area contributed by atoms with Gasteiger partial charge in [0.1, 0.15) is 6.61 Å². The van der Waals surface area contributed by atoms with Crippen LogP contribution in [0.25, 0.3) is 0 Å². The van der Waals surface area contributed by atoms with Crippen molar-refractivity contribution in [2.45, 2.75) is 13.0 Å². The topological polar surface area (TPSA) is 79.9 Å². The summed E-state index contributed by atoms with van der Waals surface area (Å²) in [5.41, 5.74) is 3.25. The fourth-order valence-corrected chi connectivity index (χ4v) is 3.45. The molecule has 2 aromatic rings. The van der Waals surface area contributed by atoms with Gasteiger partial charge in [0.25, 0.3) is 5.91 Å². The Morgan fingerprint density at radius 2 is 1.77 bits per heavy atom. The quantitative estimate of drug-likeness (QED) is 0.389. The number of methoxy groups -OCH3 is 1. The Hall–Kier alpha value is -3.23. The highest BCUT2D eigenvalue weighted by Gasteiger charge is 2.33. The van der Waals surface area contributed by atoms with Gasteiger partial charge in [-0.2, -0.15) is 0 Å². The van der Waals surface area contributed by atoms with Crippen molar-refractivity contribution in [2.24, 2.45) is 0 Å². The van der Waals surface area contributed by atoms with Crippen molar-refractivity contribution in [1.29, 1.82) is 0 Å². The van der Waals surface area contributed by atoms with Crippen LogP contribution in [-0.4, -0.2) is 49.3 Å². The second-order valence-corrected chi connectivity index (χ2v) is 7.40.